The zero-order valence-electron chi connectivity index (χ0n) is 17.9. The molecule has 32 heavy (non-hydrogen) atoms. The van der Waals surface area contributed by atoms with Gasteiger partial charge in [0.2, 0.25) is 5.91 Å². The van der Waals surface area contributed by atoms with Gasteiger partial charge in [0.1, 0.15) is 0 Å². The Bertz CT molecular complexity index is 1070. The normalized spacial score (nSPS) is 21.6. The molecule has 170 valence electrons. The number of halogens is 3. The zero-order valence-corrected chi connectivity index (χ0v) is 17.9. The van der Waals surface area contributed by atoms with E-state index in [0.717, 1.165) is 28.2 Å². The summed E-state index contributed by atoms with van der Waals surface area (Å²) >= 11 is 0. The van der Waals surface area contributed by atoms with E-state index in [1.54, 1.807) is 14.2 Å². The topological polar surface area (TPSA) is 59.1 Å². The van der Waals surface area contributed by atoms with Crippen LogP contribution < -0.4 is 14.4 Å². The van der Waals surface area contributed by atoms with Crippen LogP contribution in [0.25, 0.3) is 0 Å². The number of amides is 2. The number of benzene rings is 2. The maximum Gasteiger partial charge on any atom is 0.416 e. The number of rotatable bonds is 4. The molecule has 2 amide bonds. The van der Waals surface area contributed by atoms with E-state index in [1.165, 1.54) is 12.1 Å². The third-order valence-electron chi connectivity index (χ3n) is 6.19. The Morgan fingerprint density at radius 1 is 1.03 bits per heavy atom. The SMILES string of the molecule is COc1cc2c(cc1OC)[C@@H](C)N([C@H]1CC(=O)N(c3cccc(C(F)(F)F)c3)C1=O)CC2. The summed E-state index contributed by atoms with van der Waals surface area (Å²) in [6.45, 7) is 2.47. The molecule has 2 heterocycles. The number of hydrogen-bond acceptors (Lipinski definition) is 5. The van der Waals surface area contributed by atoms with Gasteiger partial charge in [0.05, 0.1) is 37.9 Å². The molecule has 9 heteroatoms. The van der Waals surface area contributed by atoms with Crippen molar-refractivity contribution in [3.05, 3.63) is 53.1 Å². The Balaban J connectivity index is 1.62. The highest BCUT2D eigenvalue weighted by Crippen LogP contribution is 2.40. The summed E-state index contributed by atoms with van der Waals surface area (Å²) in [5, 5.41) is 0. The molecule has 0 unspecified atom stereocenters. The van der Waals surface area contributed by atoms with Gasteiger partial charge < -0.3 is 9.47 Å². The van der Waals surface area contributed by atoms with Crippen LogP contribution in [0.4, 0.5) is 18.9 Å². The van der Waals surface area contributed by atoms with Crippen molar-refractivity contribution in [2.45, 2.75) is 38.0 Å². The molecular weight excluding hydrogens is 425 g/mol. The van der Waals surface area contributed by atoms with Gasteiger partial charge >= 0.3 is 6.18 Å². The van der Waals surface area contributed by atoms with Crippen molar-refractivity contribution >= 4 is 17.5 Å². The van der Waals surface area contributed by atoms with Crippen LogP contribution in [0.5, 0.6) is 11.5 Å². The molecule has 0 aromatic heterocycles. The number of alkyl halides is 3. The van der Waals surface area contributed by atoms with E-state index in [4.69, 9.17) is 9.47 Å². The lowest BCUT2D eigenvalue weighted by molar-refractivity contribution is -0.137. The average molecular weight is 448 g/mol. The minimum absolute atomic E-state index is 0.0613. The molecule has 0 N–H and O–H groups in total. The molecule has 2 aliphatic heterocycles. The molecule has 2 aliphatic rings. The lowest BCUT2D eigenvalue weighted by atomic mass is 9.91. The largest absolute Gasteiger partial charge is 0.493 e. The number of carbonyl (C=O) groups excluding carboxylic acids is 2. The number of hydrogen-bond donors (Lipinski definition) is 0. The number of ether oxygens (including phenoxy) is 2. The van der Waals surface area contributed by atoms with Crippen LogP contribution in [0.1, 0.15) is 36.1 Å². The van der Waals surface area contributed by atoms with Gasteiger partial charge in [-0.3, -0.25) is 14.5 Å². The molecule has 0 radical (unpaired) electrons. The second-order valence-electron chi connectivity index (χ2n) is 7.91. The van der Waals surface area contributed by atoms with Crippen LogP contribution in [0.15, 0.2) is 36.4 Å². The predicted molar refractivity (Wildman–Crippen MR) is 111 cm³/mol. The fourth-order valence-electron chi connectivity index (χ4n) is 4.56. The fraction of sp³-hybridized carbons (Fsp3) is 0.391. The number of imide groups is 1. The van der Waals surface area contributed by atoms with E-state index >= 15 is 0 Å². The molecule has 6 nitrogen and oxygen atoms in total. The molecule has 2 aromatic rings. The quantitative estimate of drug-likeness (QED) is 0.663. The first-order valence-electron chi connectivity index (χ1n) is 10.2. The van der Waals surface area contributed by atoms with Crippen LogP contribution >= 0.6 is 0 Å². The van der Waals surface area contributed by atoms with Crippen LogP contribution in [-0.4, -0.2) is 43.5 Å². The van der Waals surface area contributed by atoms with Crippen LogP contribution in [0, 0.1) is 0 Å². The summed E-state index contributed by atoms with van der Waals surface area (Å²) < 4.78 is 50.1. The second-order valence-corrected chi connectivity index (χ2v) is 7.91. The number of anilines is 1. The van der Waals surface area contributed by atoms with E-state index in [1.807, 2.05) is 24.0 Å². The van der Waals surface area contributed by atoms with E-state index in [0.29, 0.717) is 24.5 Å². The second kappa shape index (κ2) is 8.12. The summed E-state index contributed by atoms with van der Waals surface area (Å²) in [7, 11) is 3.11. The van der Waals surface area contributed by atoms with Gasteiger partial charge in [0.15, 0.2) is 11.5 Å². The third-order valence-corrected chi connectivity index (χ3v) is 6.19. The van der Waals surface area contributed by atoms with Gasteiger partial charge in [0, 0.05) is 12.6 Å². The summed E-state index contributed by atoms with van der Waals surface area (Å²) in [5.74, 6) is 0.170. The van der Waals surface area contributed by atoms with Gasteiger partial charge in [-0.05, 0) is 54.8 Å². The summed E-state index contributed by atoms with van der Waals surface area (Å²) in [4.78, 5) is 28.7. The molecule has 0 bridgehead atoms. The van der Waals surface area contributed by atoms with Crippen molar-refractivity contribution in [1.29, 1.82) is 0 Å². The minimum Gasteiger partial charge on any atom is -0.493 e. The van der Waals surface area contributed by atoms with E-state index < -0.39 is 29.6 Å². The first kappa shape index (κ1) is 22.1. The molecule has 1 fully saturated rings. The van der Waals surface area contributed by atoms with Crippen LogP contribution in [0.3, 0.4) is 0 Å². The Kier molecular flexibility index (Phi) is 5.62. The van der Waals surface area contributed by atoms with Gasteiger partial charge in [-0.25, -0.2) is 4.90 Å². The van der Waals surface area contributed by atoms with Crippen LogP contribution in [-0.2, 0) is 22.2 Å². The Morgan fingerprint density at radius 3 is 2.38 bits per heavy atom. The molecule has 0 saturated carbocycles. The lowest BCUT2D eigenvalue weighted by Crippen LogP contribution is -2.46. The Hall–Kier alpha value is -3.07. The summed E-state index contributed by atoms with van der Waals surface area (Å²) in [6, 6.07) is 7.15. The lowest BCUT2D eigenvalue weighted by Gasteiger charge is -2.38. The highest BCUT2D eigenvalue weighted by Gasteiger charge is 2.45. The number of methoxy groups -OCH3 is 2. The zero-order chi connectivity index (χ0) is 23.2. The van der Waals surface area contributed by atoms with E-state index in [2.05, 4.69) is 0 Å². The predicted octanol–water partition coefficient (Wildman–Crippen LogP) is 3.97. The van der Waals surface area contributed by atoms with Gasteiger partial charge in [-0.2, -0.15) is 13.2 Å². The monoisotopic (exact) mass is 448 g/mol. The Morgan fingerprint density at radius 2 is 1.72 bits per heavy atom. The number of fused-ring (bicyclic) bond motifs is 1. The van der Waals surface area contributed by atoms with E-state index in [9.17, 15) is 22.8 Å². The molecule has 0 spiro atoms. The first-order valence-corrected chi connectivity index (χ1v) is 10.2. The highest BCUT2D eigenvalue weighted by atomic mass is 19.4. The smallest absolute Gasteiger partial charge is 0.416 e. The van der Waals surface area contributed by atoms with Crippen LogP contribution in [0.2, 0.25) is 0 Å². The first-order chi connectivity index (χ1) is 15.2. The minimum atomic E-state index is -4.56. The average Bonchev–Trinajstić information content (AvgIpc) is 3.06. The van der Waals surface area contributed by atoms with Crippen molar-refractivity contribution in [2.24, 2.45) is 0 Å². The molecule has 2 atom stereocenters. The third kappa shape index (κ3) is 3.70. The highest BCUT2D eigenvalue weighted by molar-refractivity contribution is 6.22. The number of nitrogens with zero attached hydrogens (tertiary/aromatic N) is 2. The maximum absolute atomic E-state index is 13.2. The maximum atomic E-state index is 13.2. The molecule has 1 saturated heterocycles. The van der Waals surface area contributed by atoms with Gasteiger partial charge in [-0.1, -0.05) is 6.07 Å². The van der Waals surface area contributed by atoms with Crippen molar-refractivity contribution < 1.29 is 32.2 Å². The standard InChI is InChI=1S/C23H23F3N2O4/c1-13-17-11-20(32-3)19(31-2)9-14(17)7-8-27(13)18-12-21(29)28(22(18)30)16-6-4-5-15(10-16)23(24,25)26/h4-6,9-11,13,18H,7-8,12H2,1-3H3/t13-,18+/m1/s1. The summed E-state index contributed by atoms with van der Waals surface area (Å²) in [5.41, 5.74) is 1.07. The van der Waals surface area contributed by atoms with Crippen molar-refractivity contribution in [3.63, 3.8) is 0 Å². The molecule has 0 aliphatic carbocycles. The molecular formula is C23H23F3N2O4. The van der Waals surface area contributed by atoms with Gasteiger partial charge in [0.25, 0.3) is 5.91 Å². The van der Waals surface area contributed by atoms with Crippen molar-refractivity contribution in [1.82, 2.24) is 4.90 Å². The van der Waals surface area contributed by atoms with Gasteiger partial charge in [-0.15, -0.1) is 0 Å². The Labute approximate surface area is 183 Å². The fourth-order valence-corrected chi connectivity index (χ4v) is 4.56. The van der Waals surface area contributed by atoms with Crippen molar-refractivity contribution in [3.8, 4) is 11.5 Å². The molecule has 4 rings (SSSR count). The number of carbonyl (C=O) groups is 2. The summed E-state index contributed by atoms with van der Waals surface area (Å²) in [6.07, 6.45) is -4.00. The molecule has 2 aromatic carbocycles. The van der Waals surface area contributed by atoms with E-state index in [-0.39, 0.29) is 18.2 Å². The van der Waals surface area contributed by atoms with Crippen molar-refractivity contribution in [2.75, 3.05) is 25.7 Å².